The van der Waals surface area contributed by atoms with E-state index < -0.39 is 0 Å². The average molecular weight is 440 g/mol. The second-order valence-corrected chi connectivity index (χ2v) is 6.68. The first-order valence-corrected chi connectivity index (χ1v) is 8.74. The van der Waals surface area contributed by atoms with Crippen LogP contribution in [-0.4, -0.2) is 25.5 Å². The third kappa shape index (κ3) is 4.38. The SMILES string of the molecule is Cc1nc2nc(CN)nn2c(C)c1CCC(=O)Nc1cccc(Br)c1.Cl. The predicted molar refractivity (Wildman–Crippen MR) is 106 cm³/mol. The maximum absolute atomic E-state index is 12.2. The number of anilines is 1. The van der Waals surface area contributed by atoms with Crippen LogP contribution in [0.5, 0.6) is 0 Å². The van der Waals surface area contributed by atoms with Crippen LogP contribution in [0.25, 0.3) is 5.78 Å². The molecule has 0 fully saturated rings. The zero-order chi connectivity index (χ0) is 18.0. The van der Waals surface area contributed by atoms with E-state index in [1.54, 1.807) is 4.52 Å². The third-order valence-electron chi connectivity index (χ3n) is 3.99. The van der Waals surface area contributed by atoms with Crippen LogP contribution < -0.4 is 11.1 Å². The first-order chi connectivity index (χ1) is 12.0. The van der Waals surface area contributed by atoms with Gasteiger partial charge in [0.15, 0.2) is 5.82 Å². The van der Waals surface area contributed by atoms with Gasteiger partial charge in [0.05, 0.1) is 6.54 Å². The van der Waals surface area contributed by atoms with E-state index in [-0.39, 0.29) is 24.9 Å². The lowest BCUT2D eigenvalue weighted by atomic mass is 10.1. The summed E-state index contributed by atoms with van der Waals surface area (Å²) in [6.07, 6.45) is 0.943. The summed E-state index contributed by atoms with van der Waals surface area (Å²) in [6, 6.07) is 7.52. The molecule has 0 bridgehead atoms. The molecule has 26 heavy (non-hydrogen) atoms. The van der Waals surface area contributed by atoms with Crippen LogP contribution in [0, 0.1) is 13.8 Å². The van der Waals surface area contributed by atoms with Crippen molar-refractivity contribution in [2.75, 3.05) is 5.32 Å². The standard InChI is InChI=1S/C17H19BrN6O.ClH/c1-10-14(11(2)24-17(20-10)22-15(9-19)23-24)6-7-16(25)21-13-5-3-4-12(18)8-13;/h3-5,8H,6-7,9,19H2,1-2H3,(H,21,25);1H. The Balaban J connectivity index is 0.00000243. The summed E-state index contributed by atoms with van der Waals surface area (Å²) in [5, 5.41) is 7.25. The van der Waals surface area contributed by atoms with Crippen LogP contribution in [0.3, 0.4) is 0 Å². The number of carbonyl (C=O) groups excluding carboxylic acids is 1. The second-order valence-electron chi connectivity index (χ2n) is 5.76. The van der Waals surface area contributed by atoms with Crippen molar-refractivity contribution in [1.82, 2.24) is 19.6 Å². The Morgan fingerprint density at radius 1 is 1.31 bits per heavy atom. The van der Waals surface area contributed by atoms with Gasteiger partial charge in [-0.15, -0.1) is 17.5 Å². The molecule has 3 N–H and O–H groups in total. The number of halogens is 2. The summed E-state index contributed by atoms with van der Waals surface area (Å²) in [4.78, 5) is 21.0. The number of aromatic nitrogens is 4. The van der Waals surface area contributed by atoms with Crippen molar-refractivity contribution < 1.29 is 4.79 Å². The molecule has 9 heteroatoms. The van der Waals surface area contributed by atoms with Crippen LogP contribution in [0.2, 0.25) is 0 Å². The molecular weight excluding hydrogens is 420 g/mol. The Labute approximate surface area is 165 Å². The number of fused-ring (bicyclic) bond motifs is 1. The van der Waals surface area contributed by atoms with E-state index in [4.69, 9.17) is 5.73 Å². The highest BCUT2D eigenvalue weighted by atomic mass is 79.9. The minimum atomic E-state index is -0.0433. The number of nitrogens with two attached hydrogens (primary N) is 1. The number of rotatable bonds is 5. The molecule has 0 spiro atoms. The lowest BCUT2D eigenvalue weighted by molar-refractivity contribution is -0.116. The number of hydrogen-bond acceptors (Lipinski definition) is 5. The lowest BCUT2D eigenvalue weighted by Crippen LogP contribution is -2.14. The molecule has 2 heterocycles. The molecule has 2 aromatic heterocycles. The summed E-state index contributed by atoms with van der Waals surface area (Å²) in [7, 11) is 0. The number of nitrogens with one attached hydrogen (secondary N) is 1. The van der Waals surface area contributed by atoms with Gasteiger partial charge in [0.2, 0.25) is 5.91 Å². The lowest BCUT2D eigenvalue weighted by Gasteiger charge is -2.10. The largest absolute Gasteiger partial charge is 0.326 e. The number of benzene rings is 1. The van der Waals surface area contributed by atoms with Crippen molar-refractivity contribution in [3.63, 3.8) is 0 Å². The third-order valence-corrected chi connectivity index (χ3v) is 4.48. The molecule has 0 aliphatic heterocycles. The number of amides is 1. The van der Waals surface area contributed by atoms with E-state index in [0.29, 0.717) is 24.4 Å². The summed E-state index contributed by atoms with van der Waals surface area (Å²) in [5.41, 5.74) is 9.17. The molecule has 1 amide bonds. The van der Waals surface area contributed by atoms with Gasteiger partial charge >= 0.3 is 0 Å². The Bertz CT molecular complexity index is 942. The van der Waals surface area contributed by atoms with Gasteiger partial charge in [-0.2, -0.15) is 4.98 Å². The second kappa shape index (κ2) is 8.57. The molecule has 1 aromatic carbocycles. The molecule has 0 saturated carbocycles. The van der Waals surface area contributed by atoms with Crippen molar-refractivity contribution >= 4 is 45.7 Å². The van der Waals surface area contributed by atoms with E-state index in [9.17, 15) is 4.79 Å². The van der Waals surface area contributed by atoms with Gasteiger partial charge in [-0.05, 0) is 44.0 Å². The molecule has 138 valence electrons. The highest BCUT2D eigenvalue weighted by Crippen LogP contribution is 2.18. The highest BCUT2D eigenvalue weighted by molar-refractivity contribution is 9.10. The molecular formula is C17H20BrClN6O. The van der Waals surface area contributed by atoms with Gasteiger partial charge in [-0.1, -0.05) is 22.0 Å². The predicted octanol–water partition coefficient (Wildman–Crippen LogP) is 2.96. The minimum absolute atomic E-state index is 0. The minimum Gasteiger partial charge on any atom is -0.326 e. The fourth-order valence-corrected chi connectivity index (χ4v) is 3.13. The van der Waals surface area contributed by atoms with Crippen molar-refractivity contribution in [1.29, 1.82) is 0 Å². The summed E-state index contributed by atoms with van der Waals surface area (Å²) < 4.78 is 2.62. The molecule has 0 saturated heterocycles. The molecule has 0 unspecified atom stereocenters. The van der Waals surface area contributed by atoms with Gasteiger partial charge in [0.25, 0.3) is 5.78 Å². The zero-order valence-electron chi connectivity index (χ0n) is 14.5. The molecule has 3 rings (SSSR count). The van der Waals surface area contributed by atoms with Crippen LogP contribution >= 0.6 is 28.3 Å². The van der Waals surface area contributed by atoms with Gasteiger partial charge in [0, 0.05) is 28.0 Å². The topological polar surface area (TPSA) is 98.2 Å². The van der Waals surface area contributed by atoms with Crippen molar-refractivity contribution in [2.45, 2.75) is 33.2 Å². The maximum atomic E-state index is 12.2. The van der Waals surface area contributed by atoms with Gasteiger partial charge in [-0.3, -0.25) is 4.79 Å². The normalized spacial score (nSPS) is 10.6. The van der Waals surface area contributed by atoms with E-state index in [1.807, 2.05) is 38.1 Å². The average Bonchev–Trinajstić information content (AvgIpc) is 2.98. The van der Waals surface area contributed by atoms with E-state index in [0.717, 1.165) is 27.1 Å². The van der Waals surface area contributed by atoms with Crippen LogP contribution in [0.4, 0.5) is 5.69 Å². The Kier molecular flexibility index (Phi) is 6.69. The first-order valence-electron chi connectivity index (χ1n) is 7.95. The fraction of sp³-hybridized carbons (Fsp3) is 0.294. The molecule has 0 aliphatic rings. The number of hydrogen-bond donors (Lipinski definition) is 2. The van der Waals surface area contributed by atoms with E-state index >= 15 is 0 Å². The van der Waals surface area contributed by atoms with Gasteiger partial charge in [0.1, 0.15) is 0 Å². The Hall–Kier alpha value is -2.03. The molecule has 0 aliphatic carbocycles. The maximum Gasteiger partial charge on any atom is 0.252 e. The summed E-state index contributed by atoms with van der Waals surface area (Å²) in [6.45, 7) is 4.15. The van der Waals surface area contributed by atoms with Gasteiger partial charge in [-0.25, -0.2) is 9.50 Å². The Morgan fingerprint density at radius 2 is 2.08 bits per heavy atom. The Morgan fingerprint density at radius 3 is 2.77 bits per heavy atom. The molecule has 3 aromatic rings. The molecule has 0 radical (unpaired) electrons. The van der Waals surface area contributed by atoms with Crippen molar-refractivity contribution in [3.05, 3.63) is 51.5 Å². The number of carbonyl (C=O) groups is 1. The smallest absolute Gasteiger partial charge is 0.252 e. The van der Waals surface area contributed by atoms with Crippen molar-refractivity contribution in [2.24, 2.45) is 5.73 Å². The van der Waals surface area contributed by atoms with E-state index in [2.05, 4.69) is 36.3 Å². The molecule has 7 nitrogen and oxygen atoms in total. The monoisotopic (exact) mass is 438 g/mol. The number of aryl methyl sites for hydroxylation is 2. The highest BCUT2D eigenvalue weighted by Gasteiger charge is 2.14. The summed E-state index contributed by atoms with van der Waals surface area (Å²) >= 11 is 3.39. The van der Waals surface area contributed by atoms with E-state index in [1.165, 1.54) is 0 Å². The van der Waals surface area contributed by atoms with Gasteiger partial charge < -0.3 is 11.1 Å². The van der Waals surface area contributed by atoms with Crippen LogP contribution in [0.15, 0.2) is 28.7 Å². The first kappa shape index (κ1) is 20.3. The van der Waals surface area contributed by atoms with Crippen LogP contribution in [-0.2, 0) is 17.8 Å². The zero-order valence-corrected chi connectivity index (χ0v) is 16.9. The molecule has 0 atom stereocenters. The van der Waals surface area contributed by atoms with Crippen LogP contribution in [0.1, 0.15) is 29.2 Å². The quantitative estimate of drug-likeness (QED) is 0.637. The summed E-state index contributed by atoms with van der Waals surface area (Å²) in [5.74, 6) is 1.05. The fourth-order valence-electron chi connectivity index (χ4n) is 2.73. The number of nitrogens with zero attached hydrogens (tertiary/aromatic N) is 4. The van der Waals surface area contributed by atoms with Crippen molar-refractivity contribution in [3.8, 4) is 0 Å².